The molecule has 0 aliphatic heterocycles. The summed E-state index contributed by atoms with van der Waals surface area (Å²) in [5, 5.41) is 9.28. The molecule has 0 radical (unpaired) electrons. The molecule has 0 aliphatic carbocycles. The molecule has 0 amide bonds. The highest BCUT2D eigenvalue weighted by Crippen LogP contribution is 2.25. The van der Waals surface area contributed by atoms with Crippen LogP contribution in [-0.2, 0) is 0 Å². The van der Waals surface area contributed by atoms with Crippen LogP contribution in [0.4, 0.5) is 0 Å². The Balaban J connectivity index is 2.82. The lowest BCUT2D eigenvalue weighted by atomic mass is 10.2. The van der Waals surface area contributed by atoms with Crippen molar-refractivity contribution in [2.24, 2.45) is 0 Å². The summed E-state index contributed by atoms with van der Waals surface area (Å²) in [6, 6.07) is 1.77. The van der Waals surface area contributed by atoms with E-state index in [4.69, 9.17) is 4.42 Å². The number of halogens is 1. The van der Waals surface area contributed by atoms with Gasteiger partial charge < -0.3 is 9.52 Å². The summed E-state index contributed by atoms with van der Waals surface area (Å²) in [6.45, 7) is 1.90. The van der Waals surface area contributed by atoms with Crippen molar-refractivity contribution >= 4 is 15.9 Å². The Morgan fingerprint density at radius 3 is 2.90 bits per heavy atom. The van der Waals surface area contributed by atoms with Crippen LogP contribution in [-0.4, -0.2) is 5.11 Å². The molecule has 3 heteroatoms. The summed E-state index contributed by atoms with van der Waals surface area (Å²) >= 11 is 3.25. The zero-order valence-corrected chi connectivity index (χ0v) is 7.26. The largest absolute Gasteiger partial charge is 0.465 e. The van der Waals surface area contributed by atoms with Gasteiger partial charge in [0, 0.05) is 0 Å². The summed E-state index contributed by atoms with van der Waals surface area (Å²) in [5.74, 6) is 0.613. The number of hydrogen-bond acceptors (Lipinski definition) is 2. The third kappa shape index (κ3) is 1.41. The normalized spacial score (nSPS) is 13.5. The molecule has 2 nitrogen and oxygen atoms in total. The van der Waals surface area contributed by atoms with E-state index in [1.807, 2.05) is 6.92 Å². The minimum absolute atomic E-state index is 0.482. The summed E-state index contributed by atoms with van der Waals surface area (Å²) in [4.78, 5) is 0. The third-order valence-corrected chi connectivity index (χ3v) is 1.99. The van der Waals surface area contributed by atoms with E-state index in [1.54, 1.807) is 12.3 Å². The minimum Gasteiger partial charge on any atom is -0.465 e. The Labute approximate surface area is 68.0 Å². The van der Waals surface area contributed by atoms with Crippen molar-refractivity contribution in [3.05, 3.63) is 22.6 Å². The van der Waals surface area contributed by atoms with Crippen LogP contribution in [0.15, 0.2) is 21.2 Å². The van der Waals surface area contributed by atoms with Gasteiger partial charge in [0.15, 0.2) is 0 Å². The molecule has 1 aromatic rings. The molecule has 0 unspecified atom stereocenters. The number of hydrogen-bond donors (Lipinski definition) is 1. The van der Waals surface area contributed by atoms with E-state index in [9.17, 15) is 5.11 Å². The van der Waals surface area contributed by atoms with E-state index >= 15 is 0 Å². The lowest BCUT2D eigenvalue weighted by Gasteiger charge is -2.02. The van der Waals surface area contributed by atoms with Crippen molar-refractivity contribution in [2.45, 2.75) is 19.4 Å². The first-order valence-corrected chi connectivity index (χ1v) is 3.96. The third-order valence-electron chi connectivity index (χ3n) is 1.33. The molecule has 0 spiro atoms. The molecule has 1 rings (SSSR count). The molecule has 56 valence electrons. The number of aliphatic hydroxyl groups excluding tert-OH is 1. The van der Waals surface area contributed by atoms with Crippen molar-refractivity contribution in [1.29, 1.82) is 0 Å². The van der Waals surface area contributed by atoms with Gasteiger partial charge in [-0.3, -0.25) is 0 Å². The van der Waals surface area contributed by atoms with Crippen LogP contribution in [0.3, 0.4) is 0 Å². The summed E-state index contributed by atoms with van der Waals surface area (Å²) < 4.78 is 5.86. The minimum atomic E-state index is -0.482. The Kier molecular flexibility index (Phi) is 2.51. The van der Waals surface area contributed by atoms with E-state index < -0.39 is 6.10 Å². The first kappa shape index (κ1) is 7.82. The Bertz CT molecular complexity index is 207. The fraction of sp³-hybridized carbons (Fsp3) is 0.429. The average Bonchev–Trinajstić information content (AvgIpc) is 2.34. The molecular formula is C7H9BrO2. The van der Waals surface area contributed by atoms with Crippen LogP contribution in [0, 0.1) is 0 Å². The van der Waals surface area contributed by atoms with Crippen molar-refractivity contribution in [1.82, 2.24) is 0 Å². The second-order valence-electron chi connectivity index (χ2n) is 2.06. The van der Waals surface area contributed by atoms with Gasteiger partial charge in [0.05, 0.1) is 10.7 Å². The molecule has 1 heterocycles. The van der Waals surface area contributed by atoms with Crippen LogP contribution >= 0.6 is 15.9 Å². The predicted octanol–water partition coefficient (Wildman–Crippen LogP) is 2.49. The molecule has 10 heavy (non-hydrogen) atoms. The molecule has 0 saturated carbocycles. The van der Waals surface area contributed by atoms with Gasteiger partial charge in [-0.05, 0) is 28.4 Å². The smallest absolute Gasteiger partial charge is 0.146 e. The Morgan fingerprint density at radius 1 is 1.80 bits per heavy atom. The van der Waals surface area contributed by atoms with Crippen LogP contribution in [0.1, 0.15) is 25.2 Å². The molecule has 0 aliphatic rings. The van der Waals surface area contributed by atoms with Gasteiger partial charge in [-0.1, -0.05) is 6.92 Å². The van der Waals surface area contributed by atoms with Gasteiger partial charge in [-0.25, -0.2) is 0 Å². The summed E-state index contributed by atoms with van der Waals surface area (Å²) in [5.41, 5.74) is 0. The topological polar surface area (TPSA) is 33.4 Å². The van der Waals surface area contributed by atoms with Gasteiger partial charge in [0.25, 0.3) is 0 Å². The number of rotatable bonds is 2. The van der Waals surface area contributed by atoms with E-state index in [1.165, 1.54) is 0 Å². The SMILES string of the molecule is CC[C@@H](O)c1occc1Br. The summed E-state index contributed by atoms with van der Waals surface area (Å²) in [7, 11) is 0. The van der Waals surface area contributed by atoms with Gasteiger partial charge in [-0.2, -0.15) is 0 Å². The standard InChI is InChI=1S/C7H9BrO2/c1-2-6(9)7-5(8)3-4-10-7/h3-4,6,9H,2H2,1H3/t6-/m1/s1. The molecule has 1 N–H and O–H groups in total. The molecule has 0 aromatic carbocycles. The van der Waals surface area contributed by atoms with Crippen LogP contribution in [0.2, 0.25) is 0 Å². The Hall–Kier alpha value is -0.280. The van der Waals surface area contributed by atoms with E-state index in [2.05, 4.69) is 15.9 Å². The second-order valence-corrected chi connectivity index (χ2v) is 2.91. The highest BCUT2D eigenvalue weighted by atomic mass is 79.9. The highest BCUT2D eigenvalue weighted by Gasteiger charge is 2.11. The van der Waals surface area contributed by atoms with Crippen LogP contribution in [0.5, 0.6) is 0 Å². The van der Waals surface area contributed by atoms with Crippen molar-refractivity contribution < 1.29 is 9.52 Å². The molecule has 0 saturated heterocycles. The fourth-order valence-electron chi connectivity index (χ4n) is 0.729. The van der Waals surface area contributed by atoms with Gasteiger partial charge in [-0.15, -0.1) is 0 Å². The average molecular weight is 205 g/mol. The summed E-state index contributed by atoms with van der Waals surface area (Å²) in [6.07, 6.45) is 1.74. The van der Waals surface area contributed by atoms with E-state index in [0.717, 1.165) is 4.47 Å². The van der Waals surface area contributed by atoms with Crippen molar-refractivity contribution in [3.63, 3.8) is 0 Å². The maximum atomic E-state index is 9.28. The quantitative estimate of drug-likeness (QED) is 0.804. The number of furan rings is 1. The molecule has 1 atom stereocenters. The Morgan fingerprint density at radius 2 is 2.50 bits per heavy atom. The maximum Gasteiger partial charge on any atom is 0.146 e. The zero-order chi connectivity index (χ0) is 7.56. The van der Waals surface area contributed by atoms with E-state index in [-0.39, 0.29) is 0 Å². The first-order valence-electron chi connectivity index (χ1n) is 3.16. The van der Waals surface area contributed by atoms with Crippen molar-refractivity contribution in [3.8, 4) is 0 Å². The first-order chi connectivity index (χ1) is 4.75. The lowest BCUT2D eigenvalue weighted by molar-refractivity contribution is 0.145. The lowest BCUT2D eigenvalue weighted by Crippen LogP contribution is -1.92. The highest BCUT2D eigenvalue weighted by molar-refractivity contribution is 9.10. The van der Waals surface area contributed by atoms with Gasteiger partial charge in [0.1, 0.15) is 11.9 Å². The monoisotopic (exact) mass is 204 g/mol. The number of aliphatic hydroxyl groups is 1. The van der Waals surface area contributed by atoms with Gasteiger partial charge >= 0.3 is 0 Å². The van der Waals surface area contributed by atoms with Crippen LogP contribution < -0.4 is 0 Å². The maximum absolute atomic E-state index is 9.28. The van der Waals surface area contributed by atoms with Crippen LogP contribution in [0.25, 0.3) is 0 Å². The second kappa shape index (κ2) is 3.21. The molecule has 1 aromatic heterocycles. The van der Waals surface area contributed by atoms with Crippen molar-refractivity contribution in [2.75, 3.05) is 0 Å². The zero-order valence-electron chi connectivity index (χ0n) is 5.67. The van der Waals surface area contributed by atoms with E-state index in [0.29, 0.717) is 12.2 Å². The molecule has 0 fully saturated rings. The fourth-order valence-corrected chi connectivity index (χ4v) is 1.19. The van der Waals surface area contributed by atoms with Gasteiger partial charge in [0.2, 0.25) is 0 Å². The molecule has 0 bridgehead atoms. The predicted molar refractivity (Wildman–Crippen MR) is 41.7 cm³/mol. The molecular weight excluding hydrogens is 196 g/mol.